The van der Waals surface area contributed by atoms with Gasteiger partial charge in [0.2, 0.25) is 0 Å². The smallest absolute Gasteiger partial charge is 0.131 e. The first-order chi connectivity index (χ1) is 14.9. The zero-order valence-electron chi connectivity index (χ0n) is 17.0. The summed E-state index contributed by atoms with van der Waals surface area (Å²) in [6.45, 7) is 1.52. The van der Waals surface area contributed by atoms with Crippen LogP contribution < -0.4 is 0 Å². The van der Waals surface area contributed by atoms with Gasteiger partial charge < -0.3 is 25.2 Å². The summed E-state index contributed by atoms with van der Waals surface area (Å²) in [6, 6.07) is 16.2. The van der Waals surface area contributed by atoms with Crippen molar-refractivity contribution in [1.29, 1.82) is 0 Å². The molecule has 31 heavy (non-hydrogen) atoms. The van der Waals surface area contributed by atoms with Gasteiger partial charge in [0.25, 0.3) is 0 Å². The van der Waals surface area contributed by atoms with Gasteiger partial charge in [-0.3, -0.25) is 0 Å². The quantitative estimate of drug-likeness (QED) is 0.486. The fourth-order valence-electron chi connectivity index (χ4n) is 3.90. The van der Waals surface area contributed by atoms with Crippen LogP contribution in [-0.2, 0) is 11.2 Å². The van der Waals surface area contributed by atoms with Crippen LogP contribution in [0.4, 0.5) is 4.39 Å². The van der Waals surface area contributed by atoms with E-state index in [-0.39, 0.29) is 5.82 Å². The third-order valence-electron chi connectivity index (χ3n) is 5.76. The van der Waals surface area contributed by atoms with Crippen LogP contribution in [0.5, 0.6) is 0 Å². The van der Waals surface area contributed by atoms with Crippen LogP contribution in [0.1, 0.15) is 27.7 Å². The van der Waals surface area contributed by atoms with Gasteiger partial charge in [0.1, 0.15) is 36.3 Å². The highest BCUT2D eigenvalue weighted by Gasteiger charge is 2.43. The van der Waals surface area contributed by atoms with Crippen LogP contribution >= 0.6 is 11.3 Å². The van der Waals surface area contributed by atoms with Gasteiger partial charge in [0.05, 0.1) is 6.61 Å². The summed E-state index contributed by atoms with van der Waals surface area (Å²) in [5.74, 6) is -0.253. The lowest BCUT2D eigenvalue weighted by molar-refractivity contribution is -0.231. The van der Waals surface area contributed by atoms with E-state index in [4.69, 9.17) is 4.74 Å². The van der Waals surface area contributed by atoms with Gasteiger partial charge in [-0.25, -0.2) is 4.39 Å². The van der Waals surface area contributed by atoms with Crippen molar-refractivity contribution in [3.05, 3.63) is 82.0 Å². The number of ether oxygens (including phenoxy) is 1. The first-order valence-electron chi connectivity index (χ1n) is 10.1. The molecule has 0 aliphatic carbocycles. The molecule has 1 aliphatic rings. The van der Waals surface area contributed by atoms with E-state index < -0.39 is 37.1 Å². The van der Waals surface area contributed by atoms with Gasteiger partial charge in [0.15, 0.2) is 0 Å². The number of aryl methyl sites for hydroxylation is 1. The molecule has 3 aromatic rings. The summed E-state index contributed by atoms with van der Waals surface area (Å²) in [6.07, 6.45) is -5.31. The predicted octanol–water partition coefficient (Wildman–Crippen LogP) is 2.97. The van der Waals surface area contributed by atoms with Gasteiger partial charge in [-0.1, -0.05) is 36.4 Å². The van der Waals surface area contributed by atoms with Crippen LogP contribution in [0, 0.1) is 12.7 Å². The minimum atomic E-state index is -1.42. The lowest BCUT2D eigenvalue weighted by Crippen LogP contribution is -2.55. The Balaban J connectivity index is 1.59. The molecule has 1 saturated heterocycles. The molecule has 4 rings (SSSR count). The van der Waals surface area contributed by atoms with Crippen LogP contribution in [0.3, 0.4) is 0 Å². The van der Waals surface area contributed by atoms with Crippen molar-refractivity contribution in [3.63, 3.8) is 0 Å². The molecule has 1 aromatic heterocycles. The largest absolute Gasteiger partial charge is 0.394 e. The van der Waals surface area contributed by atoms with E-state index in [0.29, 0.717) is 17.5 Å². The number of rotatable bonds is 5. The monoisotopic (exact) mass is 444 g/mol. The lowest BCUT2D eigenvalue weighted by atomic mass is 9.89. The Hall–Kier alpha value is -2.13. The number of thiophene rings is 1. The number of aliphatic hydroxyl groups is 4. The van der Waals surface area contributed by atoms with E-state index in [1.54, 1.807) is 12.1 Å². The molecule has 0 unspecified atom stereocenters. The fraction of sp³-hybridized carbons (Fsp3) is 0.333. The highest BCUT2D eigenvalue weighted by atomic mass is 32.1. The van der Waals surface area contributed by atoms with Crippen molar-refractivity contribution in [2.45, 2.75) is 43.9 Å². The Bertz CT molecular complexity index is 1050. The zero-order chi connectivity index (χ0) is 22.1. The molecule has 164 valence electrons. The summed E-state index contributed by atoms with van der Waals surface area (Å²) in [4.78, 5) is 1.92. The van der Waals surface area contributed by atoms with Gasteiger partial charge in [-0.05, 0) is 41.8 Å². The van der Waals surface area contributed by atoms with Crippen molar-refractivity contribution in [1.82, 2.24) is 0 Å². The van der Waals surface area contributed by atoms with E-state index in [1.807, 2.05) is 43.3 Å². The topological polar surface area (TPSA) is 90.2 Å². The number of aliphatic hydroxyl groups excluding tert-OH is 4. The molecule has 1 aliphatic heterocycles. The van der Waals surface area contributed by atoms with Crippen molar-refractivity contribution in [3.8, 4) is 10.4 Å². The maximum absolute atomic E-state index is 14.1. The Morgan fingerprint density at radius 1 is 0.968 bits per heavy atom. The first-order valence-corrected chi connectivity index (χ1v) is 10.9. The molecular weight excluding hydrogens is 419 g/mol. The SMILES string of the molecule is Cc1ccc([C@@H]2O[C@H](CO)[C@@H](O)[C@H](O)[C@H]2O)cc1Cc1ccc(-c2ccccc2F)s1. The van der Waals surface area contributed by atoms with Gasteiger partial charge >= 0.3 is 0 Å². The zero-order valence-corrected chi connectivity index (χ0v) is 17.8. The molecular formula is C24H25FO5S. The second-order valence-electron chi connectivity index (χ2n) is 7.86. The molecule has 0 saturated carbocycles. The highest BCUT2D eigenvalue weighted by Crippen LogP contribution is 2.35. The minimum absolute atomic E-state index is 0.253. The maximum Gasteiger partial charge on any atom is 0.131 e. The number of hydrogen-bond donors (Lipinski definition) is 4. The predicted molar refractivity (Wildman–Crippen MR) is 116 cm³/mol. The van der Waals surface area contributed by atoms with E-state index in [1.165, 1.54) is 17.4 Å². The molecule has 0 radical (unpaired) electrons. The normalized spacial score (nSPS) is 26.2. The molecule has 2 aromatic carbocycles. The van der Waals surface area contributed by atoms with Crippen LogP contribution in [0.25, 0.3) is 10.4 Å². The Kier molecular flexibility index (Phi) is 6.52. The average Bonchev–Trinajstić information content (AvgIpc) is 3.23. The van der Waals surface area contributed by atoms with Gasteiger partial charge in [-0.2, -0.15) is 0 Å². The number of hydrogen-bond acceptors (Lipinski definition) is 6. The molecule has 2 heterocycles. The summed E-state index contributed by atoms with van der Waals surface area (Å²) < 4.78 is 19.8. The molecule has 4 N–H and O–H groups in total. The summed E-state index contributed by atoms with van der Waals surface area (Å²) in [7, 11) is 0. The fourth-order valence-corrected chi connectivity index (χ4v) is 4.96. The summed E-state index contributed by atoms with van der Waals surface area (Å²) in [5.41, 5.74) is 3.29. The molecule has 0 spiro atoms. The second kappa shape index (κ2) is 9.16. The molecule has 5 atom stereocenters. The third kappa shape index (κ3) is 4.43. The van der Waals surface area contributed by atoms with E-state index >= 15 is 0 Å². The molecule has 7 heteroatoms. The van der Waals surface area contributed by atoms with E-state index in [9.17, 15) is 24.8 Å². The lowest BCUT2D eigenvalue weighted by Gasteiger charge is -2.40. The minimum Gasteiger partial charge on any atom is -0.394 e. The Morgan fingerprint density at radius 3 is 2.48 bits per heavy atom. The van der Waals surface area contributed by atoms with Crippen LogP contribution in [-0.4, -0.2) is 51.4 Å². The molecule has 0 amide bonds. The summed E-state index contributed by atoms with van der Waals surface area (Å²) in [5, 5.41) is 40.0. The van der Waals surface area contributed by atoms with Crippen LogP contribution in [0.15, 0.2) is 54.6 Å². The molecule has 0 bridgehead atoms. The molecule has 1 fully saturated rings. The van der Waals surface area contributed by atoms with Gasteiger partial charge in [-0.15, -0.1) is 11.3 Å². The maximum atomic E-state index is 14.1. The third-order valence-corrected chi connectivity index (χ3v) is 6.88. The second-order valence-corrected chi connectivity index (χ2v) is 9.03. The Labute approximate surface area is 184 Å². The van der Waals surface area contributed by atoms with Gasteiger partial charge in [0, 0.05) is 21.7 Å². The Morgan fingerprint density at radius 2 is 1.74 bits per heavy atom. The van der Waals surface area contributed by atoms with Crippen molar-refractivity contribution in [2.24, 2.45) is 0 Å². The summed E-state index contributed by atoms with van der Waals surface area (Å²) >= 11 is 1.52. The average molecular weight is 445 g/mol. The van der Waals surface area contributed by atoms with Crippen molar-refractivity contribution in [2.75, 3.05) is 6.61 Å². The van der Waals surface area contributed by atoms with E-state index in [2.05, 4.69) is 0 Å². The number of benzene rings is 2. The highest BCUT2D eigenvalue weighted by molar-refractivity contribution is 7.15. The first kappa shape index (κ1) is 22.1. The van der Waals surface area contributed by atoms with Crippen molar-refractivity contribution < 1.29 is 29.6 Å². The standard InChI is InChI=1S/C24H25FO5S/c1-13-6-7-14(24-23(29)22(28)21(27)19(12-26)30-24)10-15(13)11-16-8-9-20(31-16)17-4-2-3-5-18(17)25/h2-10,19,21-24,26-29H,11-12H2,1H3/t19-,21-,22+,23-,24+/m1/s1. The molecule has 5 nitrogen and oxygen atoms in total. The van der Waals surface area contributed by atoms with Crippen LogP contribution in [0.2, 0.25) is 0 Å². The van der Waals surface area contributed by atoms with Crippen molar-refractivity contribution >= 4 is 11.3 Å². The number of halogens is 1. The van der Waals surface area contributed by atoms with E-state index in [0.717, 1.165) is 20.9 Å².